The van der Waals surface area contributed by atoms with E-state index in [1.165, 1.54) is 17.2 Å². The summed E-state index contributed by atoms with van der Waals surface area (Å²) in [6, 6.07) is 0. The van der Waals surface area contributed by atoms with Gasteiger partial charge in [0.2, 0.25) is 0 Å². The molecule has 2 aromatic rings. The van der Waals surface area contributed by atoms with Gasteiger partial charge in [0, 0.05) is 12.8 Å². The van der Waals surface area contributed by atoms with Crippen LogP contribution in [0.5, 0.6) is 0 Å². The van der Waals surface area contributed by atoms with Gasteiger partial charge in [0.15, 0.2) is 11.2 Å². The second-order valence-corrected chi connectivity index (χ2v) is 7.49. The maximum absolute atomic E-state index is 12.9. The molecule has 0 amide bonds. The molecule has 0 unspecified atom stereocenters. The summed E-state index contributed by atoms with van der Waals surface area (Å²) in [7, 11) is 0. The third kappa shape index (κ3) is 3.52. The molecular formula is C17H24N4O9. The van der Waals surface area contributed by atoms with Crippen LogP contribution in [-0.2, 0) is 9.47 Å². The van der Waals surface area contributed by atoms with E-state index in [0.29, 0.717) is 0 Å². The highest BCUT2D eigenvalue weighted by atomic mass is 16.5. The van der Waals surface area contributed by atoms with Gasteiger partial charge in [-0.15, -0.1) is 0 Å². The van der Waals surface area contributed by atoms with Crippen molar-refractivity contribution in [3.05, 3.63) is 23.0 Å². The standard InChI is InChI=1S/C17H24N4O9/c22-3-9-14(26)7(24)1-11(29-9)20-5-18-13-16(20)19-6-21(17(13)28)12-2-8(25)15(27)10(4-23)30-12/h5-12,14-15,22-27H,1-4H2/t7-,8+,9+,10+,11+,12+,14+,15+/m1/s1. The highest BCUT2D eigenvalue weighted by Crippen LogP contribution is 2.30. The fraction of sp³-hybridized carbons (Fsp3) is 0.706. The normalized spacial score (nSPS) is 37.5. The van der Waals surface area contributed by atoms with Gasteiger partial charge in [-0.2, -0.15) is 0 Å². The van der Waals surface area contributed by atoms with Gasteiger partial charge in [-0.25, -0.2) is 9.97 Å². The monoisotopic (exact) mass is 428 g/mol. The van der Waals surface area contributed by atoms with Crippen LogP contribution < -0.4 is 5.56 Å². The first-order valence-electron chi connectivity index (χ1n) is 9.54. The Hall–Kier alpha value is -1.97. The van der Waals surface area contributed by atoms with Gasteiger partial charge in [0.05, 0.1) is 31.7 Å². The number of hydrogen-bond acceptors (Lipinski definition) is 11. The predicted molar refractivity (Wildman–Crippen MR) is 97.0 cm³/mol. The van der Waals surface area contributed by atoms with Gasteiger partial charge >= 0.3 is 0 Å². The van der Waals surface area contributed by atoms with Gasteiger partial charge in [-0.1, -0.05) is 0 Å². The van der Waals surface area contributed by atoms with E-state index >= 15 is 0 Å². The van der Waals surface area contributed by atoms with Crippen molar-refractivity contribution in [2.75, 3.05) is 13.2 Å². The second kappa shape index (κ2) is 8.28. The Morgan fingerprint density at radius 1 is 0.867 bits per heavy atom. The summed E-state index contributed by atoms with van der Waals surface area (Å²) in [5.74, 6) is 0. The first-order valence-corrected chi connectivity index (χ1v) is 9.54. The zero-order chi connectivity index (χ0) is 21.6. The summed E-state index contributed by atoms with van der Waals surface area (Å²) in [4.78, 5) is 21.2. The molecule has 2 fully saturated rings. The molecule has 2 saturated heterocycles. The zero-order valence-corrected chi connectivity index (χ0v) is 15.8. The van der Waals surface area contributed by atoms with Crippen LogP contribution in [0.1, 0.15) is 25.3 Å². The lowest BCUT2D eigenvalue weighted by atomic mass is 10.0. The highest BCUT2D eigenvalue weighted by molar-refractivity contribution is 5.69. The maximum atomic E-state index is 12.9. The number of fused-ring (bicyclic) bond motifs is 1. The summed E-state index contributed by atoms with van der Waals surface area (Å²) in [5.41, 5.74) is -0.428. The quantitative estimate of drug-likeness (QED) is 0.284. The first kappa shape index (κ1) is 21.3. The SMILES string of the molecule is O=c1c2ncn([C@@H]3C[C@@H](O)[C@H](O)[C@H](CO)O3)c2ncn1[C@@H]1C[C@H](O)[C@H](O)[C@H](CO)O1. The third-order valence-corrected chi connectivity index (χ3v) is 5.59. The Morgan fingerprint density at radius 2 is 1.37 bits per heavy atom. The van der Waals surface area contributed by atoms with Crippen molar-refractivity contribution in [2.24, 2.45) is 0 Å². The molecule has 166 valence electrons. The fourth-order valence-electron chi connectivity index (χ4n) is 3.86. The van der Waals surface area contributed by atoms with Crippen LogP contribution in [0.2, 0.25) is 0 Å². The summed E-state index contributed by atoms with van der Waals surface area (Å²) >= 11 is 0. The van der Waals surface area contributed by atoms with Crippen molar-refractivity contribution in [3.8, 4) is 0 Å². The number of nitrogens with zero attached hydrogens (tertiary/aromatic N) is 4. The number of ether oxygens (including phenoxy) is 2. The minimum absolute atomic E-state index is 0.00187. The second-order valence-electron chi connectivity index (χ2n) is 7.49. The Bertz CT molecular complexity index is 949. The first-order chi connectivity index (χ1) is 14.3. The lowest BCUT2D eigenvalue weighted by Crippen LogP contribution is -2.49. The van der Waals surface area contributed by atoms with E-state index in [0.717, 1.165) is 4.57 Å². The number of aromatic nitrogens is 4. The Kier molecular flexibility index (Phi) is 5.87. The summed E-state index contributed by atoms with van der Waals surface area (Å²) < 4.78 is 13.7. The minimum Gasteiger partial charge on any atom is -0.394 e. The zero-order valence-electron chi connectivity index (χ0n) is 15.8. The van der Waals surface area contributed by atoms with Crippen LogP contribution in [-0.4, -0.2) is 99.6 Å². The van der Waals surface area contributed by atoms with E-state index in [4.69, 9.17) is 9.47 Å². The van der Waals surface area contributed by atoms with E-state index in [1.807, 2.05) is 0 Å². The topological polar surface area (TPSA) is 193 Å². The van der Waals surface area contributed by atoms with E-state index in [1.54, 1.807) is 0 Å². The lowest BCUT2D eigenvalue weighted by Gasteiger charge is -2.37. The van der Waals surface area contributed by atoms with Gasteiger partial charge in [0.1, 0.15) is 43.2 Å². The van der Waals surface area contributed by atoms with Crippen molar-refractivity contribution >= 4 is 11.2 Å². The van der Waals surface area contributed by atoms with Crippen molar-refractivity contribution < 1.29 is 40.1 Å². The lowest BCUT2D eigenvalue weighted by molar-refractivity contribution is -0.202. The smallest absolute Gasteiger partial charge is 0.283 e. The molecule has 6 N–H and O–H groups in total. The molecule has 0 saturated carbocycles. The van der Waals surface area contributed by atoms with Gasteiger partial charge in [-0.05, 0) is 0 Å². The van der Waals surface area contributed by atoms with E-state index in [9.17, 15) is 35.4 Å². The molecule has 4 heterocycles. The molecule has 0 spiro atoms. The van der Waals surface area contributed by atoms with Crippen LogP contribution in [0.4, 0.5) is 0 Å². The summed E-state index contributed by atoms with van der Waals surface area (Å²) in [6.07, 6.45) is -6.26. The highest BCUT2D eigenvalue weighted by Gasteiger charge is 2.39. The average Bonchev–Trinajstić information content (AvgIpc) is 3.17. The van der Waals surface area contributed by atoms with Gasteiger partial charge < -0.3 is 40.1 Å². The van der Waals surface area contributed by atoms with E-state index < -0.39 is 67.9 Å². The van der Waals surface area contributed by atoms with Crippen molar-refractivity contribution in [2.45, 2.75) is 61.9 Å². The average molecular weight is 428 g/mol. The molecule has 13 heteroatoms. The molecule has 4 rings (SSSR count). The van der Waals surface area contributed by atoms with Gasteiger partial charge in [0.25, 0.3) is 5.56 Å². The maximum Gasteiger partial charge on any atom is 0.283 e. The van der Waals surface area contributed by atoms with E-state index in [-0.39, 0.29) is 24.0 Å². The molecule has 2 aliphatic rings. The van der Waals surface area contributed by atoms with Crippen LogP contribution in [0, 0.1) is 0 Å². The molecule has 13 nitrogen and oxygen atoms in total. The predicted octanol–water partition coefficient (Wildman–Crippen LogP) is -3.40. The van der Waals surface area contributed by atoms with Crippen molar-refractivity contribution in [3.63, 3.8) is 0 Å². The Morgan fingerprint density at radius 3 is 1.90 bits per heavy atom. The fourth-order valence-corrected chi connectivity index (χ4v) is 3.86. The Balaban J connectivity index is 1.65. The molecular weight excluding hydrogens is 404 g/mol. The van der Waals surface area contributed by atoms with Crippen molar-refractivity contribution in [1.82, 2.24) is 19.1 Å². The molecule has 0 bridgehead atoms. The van der Waals surface area contributed by atoms with Gasteiger partial charge in [-0.3, -0.25) is 13.9 Å². The molecule has 2 aromatic heterocycles. The molecule has 0 radical (unpaired) electrons. The molecule has 30 heavy (non-hydrogen) atoms. The van der Waals surface area contributed by atoms with Crippen LogP contribution in [0.15, 0.2) is 17.4 Å². The summed E-state index contributed by atoms with van der Waals surface area (Å²) in [6.45, 7) is -1.03. The summed E-state index contributed by atoms with van der Waals surface area (Å²) in [5, 5.41) is 58.5. The number of aliphatic hydroxyl groups is 6. The van der Waals surface area contributed by atoms with Crippen molar-refractivity contribution in [1.29, 1.82) is 0 Å². The Labute approximate surface area is 169 Å². The van der Waals surface area contributed by atoms with Crippen LogP contribution in [0.3, 0.4) is 0 Å². The third-order valence-electron chi connectivity index (χ3n) is 5.59. The molecule has 2 aliphatic heterocycles. The van der Waals surface area contributed by atoms with Crippen LogP contribution in [0.25, 0.3) is 11.2 Å². The number of imidazole rings is 1. The van der Waals surface area contributed by atoms with Crippen LogP contribution >= 0.6 is 0 Å². The molecule has 0 aromatic carbocycles. The molecule has 0 aliphatic carbocycles. The number of rotatable bonds is 4. The number of hydrogen-bond donors (Lipinski definition) is 6. The number of aliphatic hydroxyl groups excluding tert-OH is 6. The molecule has 8 atom stereocenters. The minimum atomic E-state index is -1.28. The largest absolute Gasteiger partial charge is 0.394 e. The van der Waals surface area contributed by atoms with E-state index in [2.05, 4.69) is 9.97 Å².